The van der Waals surface area contributed by atoms with Crippen LogP contribution < -0.4 is 0 Å². The van der Waals surface area contributed by atoms with Gasteiger partial charge in [0, 0.05) is 13.0 Å². The van der Waals surface area contributed by atoms with Crippen molar-refractivity contribution in [2.75, 3.05) is 6.61 Å². The fourth-order valence-electron chi connectivity index (χ4n) is 1.61. The molecule has 0 saturated heterocycles. The zero-order valence-corrected chi connectivity index (χ0v) is 7.82. The van der Waals surface area contributed by atoms with E-state index in [9.17, 15) is 0 Å². The molecule has 0 aliphatic carbocycles. The first kappa shape index (κ1) is 8.73. The van der Waals surface area contributed by atoms with Crippen LogP contribution in [0.1, 0.15) is 18.1 Å². The van der Waals surface area contributed by atoms with Gasteiger partial charge in [0.05, 0.1) is 6.61 Å². The van der Waals surface area contributed by atoms with Crippen LogP contribution in [0.4, 0.5) is 0 Å². The van der Waals surface area contributed by atoms with Crippen LogP contribution in [0.2, 0.25) is 0 Å². The average Bonchev–Trinajstić information content (AvgIpc) is 2.18. The molecule has 0 N–H and O–H groups in total. The third kappa shape index (κ3) is 1.90. The lowest BCUT2D eigenvalue weighted by Crippen LogP contribution is -2.25. The van der Waals surface area contributed by atoms with E-state index in [0.717, 1.165) is 6.42 Å². The van der Waals surface area contributed by atoms with Crippen LogP contribution in [0.25, 0.3) is 0 Å². The molecule has 1 aromatic rings. The highest BCUT2D eigenvalue weighted by atomic mass is 16.7. The molecule has 1 aliphatic heterocycles. The number of hydrogen-bond acceptors (Lipinski definition) is 2. The molecule has 1 atom stereocenters. The summed E-state index contributed by atoms with van der Waals surface area (Å²) in [6.45, 7) is 3.39. The van der Waals surface area contributed by atoms with Crippen molar-refractivity contribution >= 4 is 0 Å². The minimum Gasteiger partial charge on any atom is -0.353 e. The molecule has 0 bridgehead atoms. The van der Waals surface area contributed by atoms with E-state index in [2.05, 4.69) is 18.2 Å². The van der Waals surface area contributed by atoms with Crippen LogP contribution in [-0.2, 0) is 22.5 Å². The summed E-state index contributed by atoms with van der Waals surface area (Å²) in [5.74, 6) is 0. The number of rotatable bonds is 2. The van der Waals surface area contributed by atoms with Crippen molar-refractivity contribution in [3.63, 3.8) is 0 Å². The molecule has 0 saturated carbocycles. The van der Waals surface area contributed by atoms with Crippen LogP contribution in [0.15, 0.2) is 24.3 Å². The maximum Gasteiger partial charge on any atom is 0.162 e. The van der Waals surface area contributed by atoms with Crippen molar-refractivity contribution in [1.29, 1.82) is 0 Å². The van der Waals surface area contributed by atoms with Gasteiger partial charge in [-0.25, -0.2) is 0 Å². The molecule has 0 radical (unpaired) electrons. The molecule has 1 aromatic carbocycles. The van der Waals surface area contributed by atoms with Gasteiger partial charge in [-0.1, -0.05) is 24.3 Å². The van der Waals surface area contributed by atoms with Gasteiger partial charge in [0.2, 0.25) is 0 Å². The predicted molar refractivity (Wildman–Crippen MR) is 50.3 cm³/mol. The van der Waals surface area contributed by atoms with Gasteiger partial charge in [0.15, 0.2) is 6.29 Å². The molecule has 1 unspecified atom stereocenters. The van der Waals surface area contributed by atoms with Crippen LogP contribution >= 0.6 is 0 Å². The molecular weight excluding hydrogens is 164 g/mol. The van der Waals surface area contributed by atoms with E-state index in [1.165, 1.54) is 11.1 Å². The second-order valence-corrected chi connectivity index (χ2v) is 3.17. The quantitative estimate of drug-likeness (QED) is 0.690. The van der Waals surface area contributed by atoms with Gasteiger partial charge in [0.25, 0.3) is 0 Å². The summed E-state index contributed by atoms with van der Waals surface area (Å²) in [5, 5.41) is 0. The summed E-state index contributed by atoms with van der Waals surface area (Å²) >= 11 is 0. The first-order chi connectivity index (χ1) is 6.40. The van der Waals surface area contributed by atoms with Crippen molar-refractivity contribution in [2.24, 2.45) is 0 Å². The number of ether oxygens (including phenoxy) is 2. The Kier molecular flexibility index (Phi) is 2.62. The smallest absolute Gasteiger partial charge is 0.162 e. The highest BCUT2D eigenvalue weighted by molar-refractivity contribution is 5.28. The molecular formula is C11H14O2. The Morgan fingerprint density at radius 3 is 2.92 bits per heavy atom. The Labute approximate surface area is 78.5 Å². The maximum absolute atomic E-state index is 5.52. The van der Waals surface area contributed by atoms with Crippen LogP contribution in [0.3, 0.4) is 0 Å². The normalized spacial score (nSPS) is 21.2. The summed E-state index contributed by atoms with van der Waals surface area (Å²) < 4.78 is 10.9. The van der Waals surface area contributed by atoms with Crippen molar-refractivity contribution < 1.29 is 9.47 Å². The topological polar surface area (TPSA) is 18.5 Å². The minimum atomic E-state index is -0.0418. The fraction of sp³-hybridized carbons (Fsp3) is 0.455. The monoisotopic (exact) mass is 178 g/mol. The fourth-order valence-corrected chi connectivity index (χ4v) is 1.61. The number of fused-ring (bicyclic) bond motifs is 1. The summed E-state index contributed by atoms with van der Waals surface area (Å²) in [7, 11) is 0. The predicted octanol–water partition coefficient (Wildman–Crippen LogP) is 2.12. The third-order valence-electron chi connectivity index (χ3n) is 2.28. The maximum atomic E-state index is 5.52. The molecule has 0 fully saturated rings. The second kappa shape index (κ2) is 3.90. The van der Waals surface area contributed by atoms with Crippen molar-refractivity contribution in [3.05, 3.63) is 35.4 Å². The summed E-state index contributed by atoms with van der Waals surface area (Å²) in [6, 6.07) is 8.36. The van der Waals surface area contributed by atoms with Gasteiger partial charge < -0.3 is 9.47 Å². The highest BCUT2D eigenvalue weighted by Gasteiger charge is 2.17. The molecule has 0 spiro atoms. The van der Waals surface area contributed by atoms with E-state index in [-0.39, 0.29) is 6.29 Å². The molecule has 2 nitrogen and oxygen atoms in total. The van der Waals surface area contributed by atoms with Gasteiger partial charge >= 0.3 is 0 Å². The second-order valence-electron chi connectivity index (χ2n) is 3.17. The molecule has 0 amide bonds. The van der Waals surface area contributed by atoms with Crippen molar-refractivity contribution in [2.45, 2.75) is 26.2 Å². The summed E-state index contributed by atoms with van der Waals surface area (Å²) in [5.41, 5.74) is 2.64. The number of benzene rings is 1. The SMILES string of the molecule is CCOC1Cc2ccccc2CO1. The average molecular weight is 178 g/mol. The zero-order valence-electron chi connectivity index (χ0n) is 7.82. The number of hydrogen-bond donors (Lipinski definition) is 0. The molecule has 1 aliphatic rings. The molecule has 0 aromatic heterocycles. The first-order valence-electron chi connectivity index (χ1n) is 4.70. The van der Waals surface area contributed by atoms with Gasteiger partial charge in [0.1, 0.15) is 0 Å². The lowest BCUT2D eigenvalue weighted by molar-refractivity contribution is -0.152. The lowest BCUT2D eigenvalue weighted by atomic mass is 10.0. The molecule has 70 valence electrons. The van der Waals surface area contributed by atoms with E-state index in [1.807, 2.05) is 13.0 Å². The Morgan fingerprint density at radius 2 is 2.15 bits per heavy atom. The van der Waals surface area contributed by atoms with Crippen LogP contribution in [0.5, 0.6) is 0 Å². The van der Waals surface area contributed by atoms with Gasteiger partial charge in [-0.3, -0.25) is 0 Å². The van der Waals surface area contributed by atoms with E-state index in [4.69, 9.17) is 9.47 Å². The van der Waals surface area contributed by atoms with Gasteiger partial charge in [-0.05, 0) is 18.1 Å². The Bertz CT molecular complexity index is 283. The first-order valence-corrected chi connectivity index (χ1v) is 4.70. The van der Waals surface area contributed by atoms with Crippen LogP contribution in [0, 0.1) is 0 Å². The van der Waals surface area contributed by atoms with E-state index in [1.54, 1.807) is 0 Å². The van der Waals surface area contributed by atoms with Gasteiger partial charge in [-0.2, -0.15) is 0 Å². The molecule has 2 rings (SSSR count). The van der Waals surface area contributed by atoms with E-state index >= 15 is 0 Å². The third-order valence-corrected chi connectivity index (χ3v) is 2.28. The van der Waals surface area contributed by atoms with Crippen molar-refractivity contribution in [3.8, 4) is 0 Å². The minimum absolute atomic E-state index is 0.0418. The Morgan fingerprint density at radius 1 is 1.38 bits per heavy atom. The molecule has 1 heterocycles. The van der Waals surface area contributed by atoms with E-state index < -0.39 is 0 Å². The van der Waals surface area contributed by atoms with E-state index in [0.29, 0.717) is 13.2 Å². The van der Waals surface area contributed by atoms with Crippen molar-refractivity contribution in [1.82, 2.24) is 0 Å². The Balaban J connectivity index is 2.11. The summed E-state index contributed by atoms with van der Waals surface area (Å²) in [6.07, 6.45) is 0.837. The lowest BCUT2D eigenvalue weighted by Gasteiger charge is -2.24. The molecule has 2 heteroatoms. The zero-order chi connectivity index (χ0) is 9.10. The van der Waals surface area contributed by atoms with Crippen LogP contribution in [-0.4, -0.2) is 12.9 Å². The van der Waals surface area contributed by atoms with Gasteiger partial charge in [-0.15, -0.1) is 0 Å². The largest absolute Gasteiger partial charge is 0.353 e. The standard InChI is InChI=1S/C11H14O2/c1-2-12-11-7-9-5-3-4-6-10(9)8-13-11/h3-6,11H,2,7-8H2,1H3. The molecule has 13 heavy (non-hydrogen) atoms. The highest BCUT2D eigenvalue weighted by Crippen LogP contribution is 2.20. The Hall–Kier alpha value is -0.860. The summed E-state index contributed by atoms with van der Waals surface area (Å²) in [4.78, 5) is 0.